The van der Waals surface area contributed by atoms with Gasteiger partial charge >= 0.3 is 0 Å². The van der Waals surface area contributed by atoms with Gasteiger partial charge in [0, 0.05) is 40.5 Å². The highest BCUT2D eigenvalue weighted by atomic mass is 127. The fourth-order valence-corrected chi connectivity index (χ4v) is 6.81. The Hall–Kier alpha value is -1.33. The van der Waals surface area contributed by atoms with Gasteiger partial charge in [-0.15, -0.1) is 0 Å². The van der Waals surface area contributed by atoms with Gasteiger partial charge in [-0.1, -0.05) is 87.8 Å². The van der Waals surface area contributed by atoms with Crippen molar-refractivity contribution in [1.82, 2.24) is 19.1 Å². The second-order valence-corrected chi connectivity index (χ2v) is 25.9. The standard InChI is InChI=1S/C30H40I2N4O2Si2/c1-39(2,3)17-15-37-21-35-27(31)19-33-29(35)25-13-9-7-11-23(25)24-12-8-10-14-26(24)30-34-20-28(32)36(30)22-38-16-18-40(4,5)6/h7-14,19-20H,15-18,21-22H2,1-6H3. The van der Waals surface area contributed by atoms with Gasteiger partial charge in [-0.3, -0.25) is 9.13 Å². The summed E-state index contributed by atoms with van der Waals surface area (Å²) in [5.74, 6) is 1.82. The molecule has 2 aromatic carbocycles. The normalized spacial score (nSPS) is 12.3. The first-order chi connectivity index (χ1) is 18.9. The summed E-state index contributed by atoms with van der Waals surface area (Å²) >= 11 is 4.70. The topological polar surface area (TPSA) is 54.1 Å². The summed E-state index contributed by atoms with van der Waals surface area (Å²) in [5, 5.41) is 0. The number of nitrogens with zero attached hydrogens (tertiary/aromatic N) is 4. The molecule has 0 aliphatic heterocycles. The Labute approximate surface area is 268 Å². The Bertz CT molecular complexity index is 1320. The Morgan fingerprint density at radius 1 is 0.600 bits per heavy atom. The number of benzene rings is 2. The summed E-state index contributed by atoms with van der Waals surface area (Å²) in [6, 6.07) is 19.3. The van der Waals surface area contributed by atoms with Gasteiger partial charge in [0.05, 0.1) is 12.4 Å². The fourth-order valence-electron chi connectivity index (χ4n) is 4.28. The molecule has 10 heteroatoms. The van der Waals surface area contributed by atoms with Crippen molar-refractivity contribution < 1.29 is 9.47 Å². The molecule has 0 aliphatic rings. The second-order valence-electron chi connectivity index (χ2n) is 12.5. The van der Waals surface area contributed by atoms with E-state index < -0.39 is 16.1 Å². The van der Waals surface area contributed by atoms with Crippen LogP contribution in [0.1, 0.15) is 0 Å². The van der Waals surface area contributed by atoms with E-state index in [1.807, 2.05) is 12.4 Å². The summed E-state index contributed by atoms with van der Waals surface area (Å²) in [6.07, 6.45) is 3.85. The van der Waals surface area contributed by atoms with Crippen molar-refractivity contribution in [3.8, 4) is 33.9 Å². The minimum absolute atomic E-state index is 0.491. The molecule has 0 unspecified atom stereocenters. The first kappa shape index (κ1) is 31.6. The summed E-state index contributed by atoms with van der Waals surface area (Å²) in [7, 11) is -2.30. The molecule has 0 radical (unpaired) electrons. The van der Waals surface area contributed by atoms with E-state index in [-0.39, 0.29) is 0 Å². The Morgan fingerprint density at radius 3 is 1.30 bits per heavy atom. The molecule has 0 amide bonds. The lowest BCUT2D eigenvalue weighted by molar-refractivity contribution is 0.0866. The molecule has 4 aromatic rings. The minimum Gasteiger partial charge on any atom is -0.361 e. The molecule has 40 heavy (non-hydrogen) atoms. The fraction of sp³-hybridized carbons (Fsp3) is 0.400. The third-order valence-corrected chi connectivity index (χ3v) is 11.8. The highest BCUT2D eigenvalue weighted by molar-refractivity contribution is 14.1. The van der Waals surface area contributed by atoms with Crippen LogP contribution in [-0.4, -0.2) is 48.5 Å². The van der Waals surface area contributed by atoms with Gasteiger partial charge in [-0.2, -0.15) is 0 Å². The molecule has 0 saturated carbocycles. The lowest BCUT2D eigenvalue weighted by atomic mass is 9.94. The van der Waals surface area contributed by atoms with Crippen LogP contribution in [0.4, 0.5) is 0 Å². The number of hydrogen-bond acceptors (Lipinski definition) is 4. The molecule has 0 bridgehead atoms. The number of hydrogen-bond donors (Lipinski definition) is 0. The van der Waals surface area contributed by atoms with Crippen molar-refractivity contribution in [3.05, 3.63) is 68.3 Å². The molecule has 6 nitrogen and oxygen atoms in total. The average Bonchev–Trinajstić information content (AvgIpc) is 3.45. The zero-order valence-electron chi connectivity index (χ0n) is 24.4. The van der Waals surface area contributed by atoms with Crippen molar-refractivity contribution in [3.63, 3.8) is 0 Å². The van der Waals surface area contributed by atoms with E-state index in [0.717, 1.165) is 66.6 Å². The number of aromatic nitrogens is 4. The first-order valence-electron chi connectivity index (χ1n) is 13.7. The van der Waals surface area contributed by atoms with Gasteiger partial charge in [0.2, 0.25) is 0 Å². The third-order valence-electron chi connectivity index (χ3n) is 6.67. The summed E-state index contributed by atoms with van der Waals surface area (Å²) in [6.45, 7) is 16.8. The number of imidazole rings is 2. The molecule has 2 aromatic heterocycles. The maximum Gasteiger partial charge on any atom is 0.143 e. The highest BCUT2D eigenvalue weighted by Gasteiger charge is 2.20. The van der Waals surface area contributed by atoms with E-state index >= 15 is 0 Å². The molecule has 2 heterocycles. The maximum atomic E-state index is 6.15. The van der Waals surface area contributed by atoms with E-state index in [1.165, 1.54) is 0 Å². The molecule has 0 fully saturated rings. The Kier molecular flexibility index (Phi) is 10.9. The van der Waals surface area contributed by atoms with Crippen molar-refractivity contribution in [1.29, 1.82) is 0 Å². The number of halogens is 2. The summed E-state index contributed by atoms with van der Waals surface area (Å²) in [5.41, 5.74) is 4.39. The first-order valence-corrected chi connectivity index (χ1v) is 23.3. The lowest BCUT2D eigenvalue weighted by Crippen LogP contribution is -2.22. The van der Waals surface area contributed by atoms with Crippen molar-refractivity contribution in [2.45, 2.75) is 64.8 Å². The monoisotopic (exact) mass is 798 g/mol. The van der Waals surface area contributed by atoms with Crippen LogP contribution in [0.5, 0.6) is 0 Å². The van der Waals surface area contributed by atoms with Crippen LogP contribution in [0.15, 0.2) is 60.9 Å². The van der Waals surface area contributed by atoms with Crippen LogP contribution in [0.2, 0.25) is 51.4 Å². The van der Waals surface area contributed by atoms with E-state index in [1.54, 1.807) is 0 Å². The molecule has 0 spiro atoms. The molecular weight excluding hydrogens is 758 g/mol. The third kappa shape index (κ3) is 8.37. The van der Waals surface area contributed by atoms with Crippen molar-refractivity contribution >= 4 is 61.3 Å². The lowest BCUT2D eigenvalue weighted by Gasteiger charge is -2.18. The smallest absolute Gasteiger partial charge is 0.143 e. The summed E-state index contributed by atoms with van der Waals surface area (Å²) in [4.78, 5) is 9.68. The van der Waals surface area contributed by atoms with Gasteiger partial charge in [-0.25, -0.2) is 9.97 Å². The van der Waals surface area contributed by atoms with Gasteiger partial charge in [0.1, 0.15) is 32.5 Å². The molecule has 0 atom stereocenters. The quantitative estimate of drug-likeness (QED) is 0.0771. The molecule has 0 N–H and O–H groups in total. The van der Waals surface area contributed by atoms with Crippen LogP contribution in [-0.2, 0) is 22.9 Å². The molecular formula is C30H40I2N4O2Si2. The van der Waals surface area contributed by atoms with Gasteiger partial charge in [0.15, 0.2) is 0 Å². The number of rotatable bonds is 13. The zero-order valence-corrected chi connectivity index (χ0v) is 30.7. The predicted molar refractivity (Wildman–Crippen MR) is 188 cm³/mol. The van der Waals surface area contributed by atoms with Crippen LogP contribution in [0, 0.1) is 7.40 Å². The van der Waals surface area contributed by atoms with Crippen LogP contribution < -0.4 is 0 Å². The molecule has 214 valence electrons. The van der Waals surface area contributed by atoms with Gasteiger partial charge in [-0.05, 0) is 68.4 Å². The molecule has 0 aliphatic carbocycles. The van der Waals surface area contributed by atoms with Gasteiger partial charge < -0.3 is 9.47 Å². The van der Waals surface area contributed by atoms with Crippen molar-refractivity contribution in [2.75, 3.05) is 13.2 Å². The van der Waals surface area contributed by atoms with Crippen molar-refractivity contribution in [2.24, 2.45) is 0 Å². The second kappa shape index (κ2) is 13.8. The Morgan fingerprint density at radius 2 is 0.950 bits per heavy atom. The SMILES string of the molecule is C[Si](C)(C)CCOCn1c(I)cnc1-c1ccccc1-c1ccccc1-c1ncc(I)n1COCC[Si](C)(C)C. The van der Waals surface area contributed by atoms with Crippen LogP contribution >= 0.6 is 45.2 Å². The number of ether oxygens (including phenoxy) is 2. The average molecular weight is 799 g/mol. The van der Waals surface area contributed by atoms with E-state index in [9.17, 15) is 0 Å². The van der Waals surface area contributed by atoms with Crippen LogP contribution in [0.25, 0.3) is 33.9 Å². The van der Waals surface area contributed by atoms with E-state index in [2.05, 4.69) is 142 Å². The van der Waals surface area contributed by atoms with Crippen LogP contribution in [0.3, 0.4) is 0 Å². The molecule has 4 rings (SSSR count). The predicted octanol–water partition coefficient (Wildman–Crippen LogP) is 8.91. The Balaban J connectivity index is 1.66. The van der Waals surface area contributed by atoms with E-state index in [4.69, 9.17) is 19.4 Å². The largest absolute Gasteiger partial charge is 0.361 e. The minimum atomic E-state index is -1.15. The summed E-state index contributed by atoms with van der Waals surface area (Å²) < 4.78 is 18.8. The highest BCUT2D eigenvalue weighted by Crippen LogP contribution is 2.38. The zero-order chi connectivity index (χ0) is 28.9. The van der Waals surface area contributed by atoms with E-state index in [0.29, 0.717) is 13.5 Å². The molecule has 0 saturated heterocycles. The maximum absolute atomic E-state index is 6.15. The van der Waals surface area contributed by atoms with Gasteiger partial charge in [0.25, 0.3) is 0 Å².